The summed E-state index contributed by atoms with van der Waals surface area (Å²) in [7, 11) is 1.52. The first-order chi connectivity index (χ1) is 16.4. The lowest BCUT2D eigenvalue weighted by Crippen LogP contribution is -2.27. The number of methoxy groups -OCH3 is 1. The van der Waals surface area contributed by atoms with Crippen LogP contribution < -0.4 is 19.7 Å². The second-order valence-corrected chi connectivity index (χ2v) is 9.15. The number of ether oxygens (including phenoxy) is 2. The average molecular weight is 491 g/mol. The summed E-state index contributed by atoms with van der Waals surface area (Å²) in [5.41, 5.74) is 3.25. The fourth-order valence-corrected chi connectivity index (χ4v) is 4.66. The Bertz CT molecular complexity index is 1270. The van der Waals surface area contributed by atoms with E-state index >= 15 is 0 Å². The Labute approximate surface area is 207 Å². The largest absolute Gasteiger partial charge is 0.493 e. The number of nitrogens with zero attached hydrogens (tertiary/aromatic N) is 1. The number of nitrogens with one attached hydrogen (secondary N) is 1. The van der Waals surface area contributed by atoms with Crippen molar-refractivity contribution < 1.29 is 19.1 Å². The summed E-state index contributed by atoms with van der Waals surface area (Å²) in [5, 5.41) is 2.77. The van der Waals surface area contributed by atoms with E-state index in [2.05, 4.69) is 5.32 Å². The number of carbonyl (C=O) groups is 2. The van der Waals surface area contributed by atoms with Crippen LogP contribution in [0.4, 0.5) is 11.4 Å². The van der Waals surface area contributed by atoms with Gasteiger partial charge in [-0.25, -0.2) is 0 Å². The molecule has 1 saturated heterocycles. The van der Waals surface area contributed by atoms with Crippen molar-refractivity contribution >= 4 is 57.6 Å². The van der Waals surface area contributed by atoms with Gasteiger partial charge in [-0.1, -0.05) is 60.4 Å². The Balaban J connectivity index is 1.46. The summed E-state index contributed by atoms with van der Waals surface area (Å²) >= 11 is 6.71. The van der Waals surface area contributed by atoms with Gasteiger partial charge >= 0.3 is 0 Å². The Hall–Kier alpha value is -3.62. The van der Waals surface area contributed by atoms with Crippen LogP contribution in [-0.4, -0.2) is 29.9 Å². The highest BCUT2D eigenvalue weighted by molar-refractivity contribution is 8.27. The van der Waals surface area contributed by atoms with E-state index in [4.69, 9.17) is 21.7 Å². The molecule has 1 aliphatic rings. The van der Waals surface area contributed by atoms with Crippen LogP contribution in [0, 0.1) is 6.92 Å². The van der Waals surface area contributed by atoms with Gasteiger partial charge in [-0.05, 0) is 60.5 Å². The molecule has 172 valence electrons. The molecule has 8 heteroatoms. The number of aryl methyl sites for hydroxylation is 1. The van der Waals surface area contributed by atoms with E-state index in [0.29, 0.717) is 26.4 Å². The first kappa shape index (κ1) is 23.5. The van der Waals surface area contributed by atoms with E-state index in [1.54, 1.807) is 41.3 Å². The predicted molar refractivity (Wildman–Crippen MR) is 140 cm³/mol. The molecule has 34 heavy (non-hydrogen) atoms. The molecule has 0 saturated carbocycles. The highest BCUT2D eigenvalue weighted by Crippen LogP contribution is 2.37. The van der Waals surface area contributed by atoms with Crippen LogP contribution >= 0.6 is 24.0 Å². The number of hydrogen-bond donors (Lipinski definition) is 1. The van der Waals surface area contributed by atoms with Crippen LogP contribution in [0.25, 0.3) is 6.08 Å². The molecule has 3 aromatic rings. The molecule has 0 bridgehead atoms. The van der Waals surface area contributed by atoms with Crippen molar-refractivity contribution in [1.29, 1.82) is 0 Å². The van der Waals surface area contributed by atoms with Crippen LogP contribution in [0.15, 0.2) is 77.7 Å². The molecule has 0 unspecified atom stereocenters. The third-order valence-electron chi connectivity index (χ3n) is 4.96. The van der Waals surface area contributed by atoms with Crippen molar-refractivity contribution in [2.75, 3.05) is 23.9 Å². The third kappa shape index (κ3) is 5.47. The summed E-state index contributed by atoms with van der Waals surface area (Å²) < 4.78 is 11.6. The van der Waals surface area contributed by atoms with Crippen LogP contribution in [-0.2, 0) is 9.59 Å². The number of hydrogen-bond acceptors (Lipinski definition) is 6. The molecule has 2 amide bonds. The van der Waals surface area contributed by atoms with Gasteiger partial charge in [-0.15, -0.1) is 0 Å². The highest BCUT2D eigenvalue weighted by atomic mass is 32.2. The number of para-hydroxylation sites is 1. The van der Waals surface area contributed by atoms with Crippen LogP contribution in [0.5, 0.6) is 11.5 Å². The molecule has 1 aliphatic heterocycles. The molecule has 0 aromatic heterocycles. The topological polar surface area (TPSA) is 67.9 Å². The Morgan fingerprint density at radius 1 is 1.06 bits per heavy atom. The van der Waals surface area contributed by atoms with Crippen molar-refractivity contribution in [3.63, 3.8) is 0 Å². The van der Waals surface area contributed by atoms with E-state index in [1.165, 1.54) is 18.9 Å². The van der Waals surface area contributed by atoms with Gasteiger partial charge in [0, 0.05) is 5.69 Å². The Morgan fingerprint density at radius 3 is 2.59 bits per heavy atom. The maximum absolute atomic E-state index is 13.0. The molecular weight excluding hydrogens is 468 g/mol. The number of thiocarbonyl (C=S) groups is 1. The van der Waals surface area contributed by atoms with Gasteiger partial charge in [0.15, 0.2) is 22.4 Å². The fourth-order valence-electron chi connectivity index (χ4n) is 3.36. The molecule has 4 rings (SSSR count). The summed E-state index contributed by atoms with van der Waals surface area (Å²) in [4.78, 5) is 27.3. The van der Waals surface area contributed by atoms with Crippen LogP contribution in [0.2, 0.25) is 0 Å². The lowest BCUT2D eigenvalue weighted by molar-refractivity contribution is -0.118. The number of thioether (sulfide) groups is 1. The molecule has 1 heterocycles. The normalized spacial score (nSPS) is 14.4. The van der Waals surface area contributed by atoms with E-state index in [1.807, 2.05) is 49.4 Å². The first-order valence-corrected chi connectivity index (χ1v) is 11.7. The number of carbonyl (C=O) groups excluding carboxylic acids is 2. The molecule has 6 nitrogen and oxygen atoms in total. The van der Waals surface area contributed by atoms with Crippen molar-refractivity contribution in [2.24, 2.45) is 0 Å². The van der Waals surface area contributed by atoms with Crippen molar-refractivity contribution in [2.45, 2.75) is 6.92 Å². The standard InChI is InChI=1S/C26H22N2O4S2/c1-17-7-6-10-20(13-17)28-25(30)23(34-26(28)33)15-18-11-12-21(22(14-18)31-2)32-16-24(29)27-19-8-4-3-5-9-19/h3-15H,16H2,1-2H3,(H,27,29)/b23-15+. The molecular formula is C26H22N2O4S2. The molecule has 0 aliphatic carbocycles. The fraction of sp³-hybridized carbons (Fsp3) is 0.115. The minimum Gasteiger partial charge on any atom is -0.493 e. The minimum atomic E-state index is -0.280. The summed E-state index contributed by atoms with van der Waals surface area (Å²) in [6, 6.07) is 22.1. The maximum Gasteiger partial charge on any atom is 0.270 e. The van der Waals surface area contributed by atoms with E-state index in [9.17, 15) is 9.59 Å². The smallest absolute Gasteiger partial charge is 0.270 e. The van der Waals surface area contributed by atoms with Crippen molar-refractivity contribution in [1.82, 2.24) is 0 Å². The number of anilines is 2. The van der Waals surface area contributed by atoms with Gasteiger partial charge in [0.2, 0.25) is 0 Å². The first-order valence-electron chi connectivity index (χ1n) is 10.4. The average Bonchev–Trinajstić information content (AvgIpc) is 3.11. The number of benzene rings is 3. The van der Waals surface area contributed by atoms with E-state index < -0.39 is 0 Å². The zero-order valence-electron chi connectivity index (χ0n) is 18.6. The Morgan fingerprint density at radius 2 is 1.85 bits per heavy atom. The van der Waals surface area contributed by atoms with Crippen molar-refractivity contribution in [3.05, 3.63) is 88.8 Å². The zero-order chi connectivity index (χ0) is 24.1. The number of rotatable bonds is 7. The summed E-state index contributed by atoms with van der Waals surface area (Å²) in [6.45, 7) is 1.80. The lowest BCUT2D eigenvalue weighted by atomic mass is 10.1. The summed E-state index contributed by atoms with van der Waals surface area (Å²) in [6.07, 6.45) is 1.77. The van der Waals surface area contributed by atoms with Crippen LogP contribution in [0.3, 0.4) is 0 Å². The van der Waals surface area contributed by atoms with Gasteiger partial charge in [0.1, 0.15) is 0 Å². The van der Waals surface area contributed by atoms with Gasteiger partial charge in [-0.3, -0.25) is 14.5 Å². The van der Waals surface area contributed by atoms with Gasteiger partial charge in [0.05, 0.1) is 17.7 Å². The van der Waals surface area contributed by atoms with Gasteiger partial charge < -0.3 is 14.8 Å². The second kappa shape index (κ2) is 10.5. The third-order valence-corrected chi connectivity index (χ3v) is 6.26. The molecule has 1 N–H and O–H groups in total. The molecule has 1 fully saturated rings. The Kier molecular flexibility index (Phi) is 7.30. The van der Waals surface area contributed by atoms with E-state index in [0.717, 1.165) is 16.8 Å². The molecule has 0 atom stereocenters. The monoisotopic (exact) mass is 490 g/mol. The molecule has 0 spiro atoms. The summed E-state index contributed by atoms with van der Waals surface area (Å²) in [5.74, 6) is 0.431. The van der Waals surface area contributed by atoms with Gasteiger partial charge in [-0.2, -0.15) is 0 Å². The molecule has 0 radical (unpaired) electrons. The lowest BCUT2D eigenvalue weighted by Gasteiger charge is -2.14. The zero-order valence-corrected chi connectivity index (χ0v) is 20.2. The number of amides is 2. The quantitative estimate of drug-likeness (QED) is 0.352. The predicted octanol–water partition coefficient (Wildman–Crippen LogP) is 5.43. The van der Waals surface area contributed by atoms with Crippen LogP contribution in [0.1, 0.15) is 11.1 Å². The maximum atomic E-state index is 13.0. The van der Waals surface area contributed by atoms with Gasteiger partial charge in [0.25, 0.3) is 11.8 Å². The highest BCUT2D eigenvalue weighted by Gasteiger charge is 2.33. The van der Waals surface area contributed by atoms with E-state index in [-0.39, 0.29) is 18.4 Å². The second-order valence-electron chi connectivity index (χ2n) is 7.47. The SMILES string of the molecule is COc1cc(/C=C2/SC(=S)N(c3cccc(C)c3)C2=O)ccc1OCC(=O)Nc1ccccc1. The van der Waals surface area contributed by atoms with Crippen molar-refractivity contribution in [3.8, 4) is 11.5 Å². The molecule has 3 aromatic carbocycles. The minimum absolute atomic E-state index is 0.167.